The van der Waals surface area contributed by atoms with Crippen molar-refractivity contribution < 1.29 is 0 Å². The highest BCUT2D eigenvalue weighted by Gasteiger charge is 2.42. The Morgan fingerprint density at radius 1 is 0.968 bits per heavy atom. The highest BCUT2D eigenvalue weighted by Crippen LogP contribution is 2.43. The Bertz CT molecular complexity index is 1230. The second-order valence-electron chi connectivity index (χ2n) is 7.82. The number of nitrogens with one attached hydrogen (secondary N) is 1. The molecule has 1 saturated heterocycles. The van der Waals surface area contributed by atoms with Gasteiger partial charge in [-0.05, 0) is 68.9 Å². The van der Waals surface area contributed by atoms with Gasteiger partial charge in [-0.3, -0.25) is 9.66 Å². The number of thiocarbonyl (C=S) groups is 1. The van der Waals surface area contributed by atoms with Crippen LogP contribution in [-0.2, 0) is 0 Å². The fourth-order valence-electron chi connectivity index (χ4n) is 4.46. The maximum absolute atomic E-state index is 5.84. The van der Waals surface area contributed by atoms with Crippen LogP contribution >= 0.6 is 12.2 Å². The minimum Gasteiger partial charge on any atom is -0.351 e. The Kier molecular flexibility index (Phi) is 4.78. The molecular weight excluding hydrogens is 406 g/mol. The van der Waals surface area contributed by atoms with Crippen LogP contribution in [0.3, 0.4) is 0 Å². The Morgan fingerprint density at radius 2 is 1.77 bits per heavy atom. The fourth-order valence-corrected chi connectivity index (χ4v) is 4.80. The van der Waals surface area contributed by atoms with Gasteiger partial charge in [-0.15, -0.1) is 10.2 Å². The van der Waals surface area contributed by atoms with E-state index >= 15 is 0 Å². The number of hydrogen-bond donors (Lipinski definition) is 1. The zero-order valence-corrected chi connectivity index (χ0v) is 18.4. The predicted octanol–water partition coefficient (Wildman–Crippen LogP) is 3.89. The normalized spacial score (nSPS) is 18.4. The standard InChI is InChI=1S/C23H23N7S/c1-15-7-6-8-18(11-15)29-22(21(27-23(29)31)20-9-4-5-10-24-20)19-12-16(2)30(17(19)3)28-13-25-26-14-28/h4-14,21-22H,1-3H3,(H,27,31)/t21-,22-/m1/s1. The van der Waals surface area contributed by atoms with Crippen molar-refractivity contribution in [3.8, 4) is 0 Å². The number of anilines is 1. The average Bonchev–Trinajstić information content (AvgIpc) is 3.46. The van der Waals surface area contributed by atoms with Gasteiger partial charge in [0.25, 0.3) is 0 Å². The van der Waals surface area contributed by atoms with Crippen LogP contribution in [0.5, 0.6) is 0 Å². The van der Waals surface area contributed by atoms with Crippen LogP contribution in [0.2, 0.25) is 0 Å². The van der Waals surface area contributed by atoms with E-state index in [1.807, 2.05) is 29.1 Å². The van der Waals surface area contributed by atoms with Crippen molar-refractivity contribution in [2.45, 2.75) is 32.9 Å². The lowest BCUT2D eigenvalue weighted by Gasteiger charge is -2.28. The molecule has 2 atom stereocenters. The second kappa shape index (κ2) is 7.63. The maximum Gasteiger partial charge on any atom is 0.174 e. The van der Waals surface area contributed by atoms with Gasteiger partial charge in [0.1, 0.15) is 12.7 Å². The summed E-state index contributed by atoms with van der Waals surface area (Å²) in [6.07, 6.45) is 5.23. The number of rotatable bonds is 4. The second-order valence-corrected chi connectivity index (χ2v) is 8.20. The van der Waals surface area contributed by atoms with Gasteiger partial charge in [0.05, 0.1) is 17.8 Å². The molecule has 1 aliphatic rings. The minimum atomic E-state index is -0.0796. The number of hydrogen-bond acceptors (Lipinski definition) is 4. The van der Waals surface area contributed by atoms with E-state index < -0.39 is 0 Å². The molecule has 31 heavy (non-hydrogen) atoms. The molecule has 1 aromatic carbocycles. The van der Waals surface area contributed by atoms with E-state index in [0.29, 0.717) is 5.11 Å². The minimum absolute atomic E-state index is 0.0550. The van der Waals surface area contributed by atoms with Crippen LogP contribution < -0.4 is 10.2 Å². The summed E-state index contributed by atoms with van der Waals surface area (Å²) >= 11 is 5.84. The highest BCUT2D eigenvalue weighted by atomic mass is 32.1. The quantitative estimate of drug-likeness (QED) is 0.497. The molecule has 0 unspecified atom stereocenters. The largest absolute Gasteiger partial charge is 0.351 e. The summed E-state index contributed by atoms with van der Waals surface area (Å²) in [5.74, 6) is 0. The lowest BCUT2D eigenvalue weighted by Crippen LogP contribution is -2.29. The monoisotopic (exact) mass is 429 g/mol. The van der Waals surface area contributed by atoms with Crippen LogP contribution in [0, 0.1) is 20.8 Å². The first-order chi connectivity index (χ1) is 15.0. The first-order valence-corrected chi connectivity index (χ1v) is 10.6. The highest BCUT2D eigenvalue weighted by molar-refractivity contribution is 7.80. The van der Waals surface area contributed by atoms with Crippen molar-refractivity contribution in [3.63, 3.8) is 0 Å². The lowest BCUT2D eigenvalue weighted by molar-refractivity contribution is 0.557. The Morgan fingerprint density at radius 3 is 2.48 bits per heavy atom. The van der Waals surface area contributed by atoms with Crippen LogP contribution in [0.4, 0.5) is 5.69 Å². The van der Waals surface area contributed by atoms with Crippen LogP contribution in [-0.4, -0.2) is 29.6 Å². The van der Waals surface area contributed by atoms with Crippen LogP contribution in [0.15, 0.2) is 67.4 Å². The van der Waals surface area contributed by atoms with Gasteiger partial charge in [0.2, 0.25) is 0 Å². The molecule has 5 rings (SSSR count). The Labute approximate surface area is 186 Å². The maximum atomic E-state index is 5.84. The summed E-state index contributed by atoms with van der Waals surface area (Å²) in [7, 11) is 0. The molecule has 0 saturated carbocycles. The van der Waals surface area contributed by atoms with Gasteiger partial charge < -0.3 is 10.2 Å². The Balaban J connectivity index is 1.69. The van der Waals surface area contributed by atoms with E-state index in [4.69, 9.17) is 12.2 Å². The number of aryl methyl sites for hydroxylation is 2. The van der Waals surface area contributed by atoms with E-state index in [1.165, 1.54) is 11.1 Å². The van der Waals surface area contributed by atoms with Gasteiger partial charge >= 0.3 is 0 Å². The molecule has 1 fully saturated rings. The van der Waals surface area contributed by atoms with Gasteiger partial charge in [-0.25, -0.2) is 4.68 Å². The third kappa shape index (κ3) is 3.29. The number of aromatic nitrogens is 5. The molecule has 4 heterocycles. The number of pyridine rings is 1. The molecule has 3 aromatic heterocycles. The molecule has 0 amide bonds. The molecule has 0 bridgehead atoms. The summed E-state index contributed by atoms with van der Waals surface area (Å²) in [5, 5.41) is 12.2. The predicted molar refractivity (Wildman–Crippen MR) is 124 cm³/mol. The van der Waals surface area contributed by atoms with E-state index in [2.05, 4.69) is 81.2 Å². The fraction of sp³-hybridized carbons (Fsp3) is 0.217. The molecule has 4 aromatic rings. The topological polar surface area (TPSA) is 63.8 Å². The van der Waals surface area contributed by atoms with Gasteiger partial charge in [-0.1, -0.05) is 18.2 Å². The lowest BCUT2D eigenvalue weighted by atomic mass is 9.96. The summed E-state index contributed by atoms with van der Waals surface area (Å²) in [5.41, 5.74) is 6.58. The molecule has 0 spiro atoms. The van der Waals surface area contributed by atoms with E-state index in [1.54, 1.807) is 12.7 Å². The summed E-state index contributed by atoms with van der Waals surface area (Å²) in [6.45, 7) is 6.30. The van der Waals surface area contributed by atoms with Crippen molar-refractivity contribution in [3.05, 3.63) is 95.6 Å². The van der Waals surface area contributed by atoms with Gasteiger partial charge in [-0.2, -0.15) is 0 Å². The SMILES string of the molecule is Cc1cccc(N2C(=S)N[C@H](c3ccccn3)[C@H]2c2cc(C)n(-n3cnnc3)c2C)c1. The molecular formula is C23H23N7S. The molecule has 0 radical (unpaired) electrons. The molecule has 7 nitrogen and oxygen atoms in total. The van der Waals surface area contributed by atoms with E-state index in [0.717, 1.165) is 22.8 Å². The number of benzene rings is 1. The summed E-state index contributed by atoms with van der Waals surface area (Å²) < 4.78 is 4.00. The molecule has 8 heteroatoms. The molecule has 1 aliphatic heterocycles. The average molecular weight is 430 g/mol. The van der Waals surface area contributed by atoms with E-state index in [-0.39, 0.29) is 12.1 Å². The van der Waals surface area contributed by atoms with Crippen LogP contribution in [0.25, 0.3) is 0 Å². The molecule has 1 N–H and O–H groups in total. The van der Waals surface area contributed by atoms with Crippen molar-refractivity contribution in [1.82, 2.24) is 29.9 Å². The smallest absolute Gasteiger partial charge is 0.174 e. The van der Waals surface area contributed by atoms with Crippen LogP contribution in [0.1, 0.15) is 40.3 Å². The summed E-state index contributed by atoms with van der Waals surface area (Å²) in [6, 6.07) is 16.5. The zero-order chi connectivity index (χ0) is 21.5. The summed E-state index contributed by atoms with van der Waals surface area (Å²) in [4.78, 5) is 6.85. The molecule has 0 aliphatic carbocycles. The first-order valence-electron chi connectivity index (χ1n) is 10.2. The number of nitrogens with zero attached hydrogens (tertiary/aromatic N) is 6. The van der Waals surface area contributed by atoms with Gasteiger partial charge in [0, 0.05) is 28.8 Å². The van der Waals surface area contributed by atoms with E-state index in [9.17, 15) is 0 Å². The van der Waals surface area contributed by atoms with Crippen molar-refractivity contribution in [2.24, 2.45) is 0 Å². The first kappa shape index (κ1) is 19.4. The molecule has 156 valence electrons. The van der Waals surface area contributed by atoms with Crippen molar-refractivity contribution in [2.75, 3.05) is 4.90 Å². The van der Waals surface area contributed by atoms with Crippen molar-refractivity contribution >= 4 is 23.0 Å². The zero-order valence-electron chi connectivity index (χ0n) is 17.6. The third-order valence-corrected chi connectivity index (χ3v) is 6.08. The van der Waals surface area contributed by atoms with Crippen molar-refractivity contribution in [1.29, 1.82) is 0 Å². The third-order valence-electron chi connectivity index (χ3n) is 5.77. The Hall–Kier alpha value is -3.52. The van der Waals surface area contributed by atoms with Gasteiger partial charge in [0.15, 0.2) is 5.11 Å².